The van der Waals surface area contributed by atoms with E-state index in [4.69, 9.17) is 0 Å². The van der Waals surface area contributed by atoms with Crippen molar-refractivity contribution in [3.05, 3.63) is 0 Å². The smallest absolute Gasteiger partial charge is 0.00360 e. The zero-order chi connectivity index (χ0) is 8.41. The molecule has 0 aromatic carbocycles. The number of nitrogens with one attached hydrogen (secondary N) is 1. The molecule has 64 valence electrons. The third-order valence-corrected chi connectivity index (χ3v) is 1.36. The van der Waals surface area contributed by atoms with E-state index in [-0.39, 0.29) is 0 Å². The molecule has 0 aliphatic carbocycles. The molecule has 3 nitrogen and oxygen atoms in total. The predicted molar refractivity (Wildman–Crippen MR) is 46.4 cm³/mol. The molecule has 3 heteroatoms. The van der Waals surface area contributed by atoms with Crippen LogP contribution in [0.2, 0.25) is 0 Å². The summed E-state index contributed by atoms with van der Waals surface area (Å²) in [4.78, 5) is 0. The van der Waals surface area contributed by atoms with Crippen molar-refractivity contribution < 1.29 is 0 Å². The van der Waals surface area contributed by atoms with Crippen LogP contribution in [0.3, 0.4) is 0 Å². The molecule has 0 aromatic rings. The molecule has 0 aliphatic heterocycles. The Morgan fingerprint density at radius 2 is 1.80 bits per heavy atom. The van der Waals surface area contributed by atoms with Crippen molar-refractivity contribution in [3.63, 3.8) is 0 Å². The van der Waals surface area contributed by atoms with E-state index in [1.165, 1.54) is 12.8 Å². The van der Waals surface area contributed by atoms with Gasteiger partial charge in [-0.15, -0.1) is 0 Å². The molecule has 0 rings (SSSR count). The van der Waals surface area contributed by atoms with E-state index in [1.54, 1.807) is 0 Å². The number of hydrogen-bond acceptors (Lipinski definition) is 3. The second-order valence-corrected chi connectivity index (χ2v) is 2.26. The zero-order valence-corrected chi connectivity index (χ0v) is 7.35. The van der Waals surface area contributed by atoms with Crippen LogP contribution in [-0.2, 0) is 0 Å². The van der Waals surface area contributed by atoms with E-state index in [1.807, 2.05) is 0 Å². The molecule has 0 bridgehead atoms. The molecule has 5 N–H and O–H groups in total. The number of hydrogen-bond donors (Lipinski definition) is 3. The maximum absolute atomic E-state index is 4.00. The molecule has 0 aliphatic rings. The molecule has 0 fully saturated rings. The van der Waals surface area contributed by atoms with Gasteiger partial charge < -0.3 is 5.32 Å². The lowest BCUT2D eigenvalue weighted by Gasteiger charge is -2.08. The van der Waals surface area contributed by atoms with E-state index in [2.05, 4.69) is 37.8 Å². The van der Waals surface area contributed by atoms with Gasteiger partial charge >= 0.3 is 0 Å². The molecule has 0 saturated heterocycles. The van der Waals surface area contributed by atoms with Gasteiger partial charge in [0.25, 0.3) is 0 Å². The van der Waals surface area contributed by atoms with Gasteiger partial charge in [-0.3, -0.25) is 11.7 Å². The predicted octanol–water partition coefficient (Wildman–Crippen LogP) is 0.603. The summed E-state index contributed by atoms with van der Waals surface area (Å²) in [7, 11) is 0. The van der Waals surface area contributed by atoms with Crippen LogP contribution in [0.4, 0.5) is 0 Å². The molecule has 0 saturated carbocycles. The fourth-order valence-electron chi connectivity index (χ4n) is 0.535. The van der Waals surface area contributed by atoms with Gasteiger partial charge in [-0.2, -0.15) is 0 Å². The first-order valence-electron chi connectivity index (χ1n) is 3.88. The van der Waals surface area contributed by atoms with Crippen LogP contribution in [0.15, 0.2) is 0 Å². The van der Waals surface area contributed by atoms with Gasteiger partial charge in [-0.25, -0.2) is 0 Å². The van der Waals surface area contributed by atoms with Crippen molar-refractivity contribution in [2.45, 2.75) is 39.7 Å². The second kappa shape index (κ2) is 11.6. The van der Waals surface area contributed by atoms with Gasteiger partial charge in [0.15, 0.2) is 0 Å². The van der Waals surface area contributed by atoms with Crippen molar-refractivity contribution >= 4 is 0 Å². The summed E-state index contributed by atoms with van der Waals surface area (Å²) in [5, 5.41) is 3.38. The summed E-state index contributed by atoms with van der Waals surface area (Å²) in [6.45, 7) is 7.77. The highest BCUT2D eigenvalue weighted by atomic mass is 15.0. The number of hydrazine groups is 1. The average Bonchev–Trinajstić information content (AvgIpc) is 2.04. The van der Waals surface area contributed by atoms with Crippen LogP contribution in [0.1, 0.15) is 33.6 Å². The quantitative estimate of drug-likeness (QED) is 0.403. The summed E-state index contributed by atoms with van der Waals surface area (Å²) < 4.78 is 0. The molecule has 0 heterocycles. The Labute approximate surface area is 64.1 Å². The first-order valence-corrected chi connectivity index (χ1v) is 3.88. The van der Waals surface area contributed by atoms with Crippen LogP contribution < -0.4 is 17.0 Å². The van der Waals surface area contributed by atoms with Crippen LogP contribution in [0, 0.1) is 0 Å². The standard InChI is InChI=1S/C7H17N.H4N2/c1-4-6-8-7(3)5-2;1-2/h7-8H,4-6H2,1-3H3;1-2H2. The Hall–Kier alpha value is -0.120. The second-order valence-electron chi connectivity index (χ2n) is 2.26. The lowest BCUT2D eigenvalue weighted by Crippen LogP contribution is -2.25. The minimum atomic E-state index is 0.704. The van der Waals surface area contributed by atoms with Gasteiger partial charge in [-0.1, -0.05) is 13.8 Å². The molecule has 0 amide bonds. The van der Waals surface area contributed by atoms with Crippen LogP contribution >= 0.6 is 0 Å². The van der Waals surface area contributed by atoms with Crippen LogP contribution in [-0.4, -0.2) is 12.6 Å². The molecule has 10 heavy (non-hydrogen) atoms. The van der Waals surface area contributed by atoms with Crippen LogP contribution in [0.25, 0.3) is 0 Å². The summed E-state index contributed by atoms with van der Waals surface area (Å²) in [5.74, 6) is 8.00. The topological polar surface area (TPSA) is 64.1 Å². The Bertz CT molecular complexity index is 48.1. The average molecular weight is 147 g/mol. The maximum atomic E-state index is 4.00. The summed E-state index contributed by atoms with van der Waals surface area (Å²) >= 11 is 0. The third kappa shape index (κ3) is 10.8. The maximum Gasteiger partial charge on any atom is 0.00360 e. The molecular weight excluding hydrogens is 126 g/mol. The zero-order valence-electron chi connectivity index (χ0n) is 7.35. The summed E-state index contributed by atoms with van der Waals surface area (Å²) in [6, 6.07) is 0.704. The first kappa shape index (κ1) is 12.5. The fraction of sp³-hybridized carbons (Fsp3) is 1.00. The van der Waals surface area contributed by atoms with E-state index in [0.29, 0.717) is 6.04 Å². The number of nitrogens with two attached hydrogens (primary N) is 2. The molecular formula is C7H21N3. The highest BCUT2D eigenvalue weighted by Crippen LogP contribution is 1.86. The lowest BCUT2D eigenvalue weighted by atomic mass is 10.2. The highest BCUT2D eigenvalue weighted by Gasteiger charge is 1.92. The first-order chi connectivity index (χ1) is 4.81. The third-order valence-electron chi connectivity index (χ3n) is 1.36. The SMILES string of the molecule is CCCNC(C)CC.NN. The monoisotopic (exact) mass is 147 g/mol. The van der Waals surface area contributed by atoms with E-state index in [9.17, 15) is 0 Å². The fourth-order valence-corrected chi connectivity index (χ4v) is 0.535. The van der Waals surface area contributed by atoms with E-state index in [0.717, 1.165) is 6.54 Å². The largest absolute Gasteiger partial charge is 0.314 e. The van der Waals surface area contributed by atoms with Gasteiger partial charge in [0.2, 0.25) is 0 Å². The Kier molecular flexibility index (Phi) is 14.6. The summed E-state index contributed by atoms with van der Waals surface area (Å²) in [5.41, 5.74) is 0. The molecule has 1 atom stereocenters. The van der Waals surface area contributed by atoms with E-state index < -0.39 is 0 Å². The summed E-state index contributed by atoms with van der Waals surface area (Å²) in [6.07, 6.45) is 2.48. The van der Waals surface area contributed by atoms with Gasteiger partial charge in [0.05, 0.1) is 0 Å². The normalized spacial score (nSPS) is 11.7. The van der Waals surface area contributed by atoms with Gasteiger partial charge in [-0.05, 0) is 26.3 Å². The van der Waals surface area contributed by atoms with E-state index >= 15 is 0 Å². The number of rotatable bonds is 4. The van der Waals surface area contributed by atoms with Crippen molar-refractivity contribution in [2.24, 2.45) is 11.7 Å². The van der Waals surface area contributed by atoms with Crippen molar-refractivity contribution in [3.8, 4) is 0 Å². The molecule has 0 radical (unpaired) electrons. The van der Waals surface area contributed by atoms with Crippen molar-refractivity contribution in [1.29, 1.82) is 0 Å². The van der Waals surface area contributed by atoms with Gasteiger partial charge in [0, 0.05) is 6.04 Å². The Morgan fingerprint density at radius 3 is 2.10 bits per heavy atom. The van der Waals surface area contributed by atoms with Crippen LogP contribution in [0.5, 0.6) is 0 Å². The minimum absolute atomic E-state index is 0.704. The molecule has 0 spiro atoms. The molecule has 0 aromatic heterocycles. The Morgan fingerprint density at radius 1 is 1.30 bits per heavy atom. The van der Waals surface area contributed by atoms with Crippen molar-refractivity contribution in [1.82, 2.24) is 5.32 Å². The highest BCUT2D eigenvalue weighted by molar-refractivity contribution is 4.54. The lowest BCUT2D eigenvalue weighted by molar-refractivity contribution is 0.533. The van der Waals surface area contributed by atoms with Gasteiger partial charge in [0.1, 0.15) is 0 Å². The molecule has 1 unspecified atom stereocenters. The van der Waals surface area contributed by atoms with Crippen molar-refractivity contribution in [2.75, 3.05) is 6.54 Å². The minimum Gasteiger partial charge on any atom is -0.314 e. The Balaban J connectivity index is 0.